The van der Waals surface area contributed by atoms with Crippen molar-refractivity contribution in [1.82, 2.24) is 0 Å². The fraction of sp³-hybridized carbons (Fsp3) is 0.150. The van der Waals surface area contributed by atoms with Crippen molar-refractivity contribution >= 4 is 23.2 Å². The van der Waals surface area contributed by atoms with Crippen LogP contribution in [0.25, 0.3) is 0 Å². The molecular formula is C20H16ClNO5. The molecule has 0 atom stereocenters. The molecule has 4 rings (SSSR count). The molecule has 0 spiro atoms. The Labute approximate surface area is 160 Å². The van der Waals surface area contributed by atoms with E-state index in [0.29, 0.717) is 33.7 Å². The number of anilines is 1. The maximum atomic E-state index is 12.4. The zero-order valence-corrected chi connectivity index (χ0v) is 15.2. The van der Waals surface area contributed by atoms with Gasteiger partial charge in [-0.15, -0.1) is 0 Å². The third-order valence-electron chi connectivity index (χ3n) is 4.06. The first-order chi connectivity index (χ1) is 13.1. The number of halogens is 1. The van der Waals surface area contributed by atoms with Gasteiger partial charge < -0.3 is 23.9 Å². The van der Waals surface area contributed by atoms with E-state index in [1.54, 1.807) is 42.5 Å². The number of benzene rings is 2. The molecule has 1 amide bonds. The number of hydrogen-bond donors (Lipinski definition) is 1. The highest BCUT2D eigenvalue weighted by Gasteiger charge is 2.15. The topological polar surface area (TPSA) is 69.9 Å². The van der Waals surface area contributed by atoms with Crippen LogP contribution in [0.2, 0.25) is 5.02 Å². The fourth-order valence-electron chi connectivity index (χ4n) is 2.61. The van der Waals surface area contributed by atoms with Crippen LogP contribution >= 0.6 is 11.6 Å². The second-order valence-corrected chi connectivity index (χ2v) is 6.42. The highest BCUT2D eigenvalue weighted by atomic mass is 35.5. The minimum atomic E-state index is -0.352. The number of aryl methyl sites for hydroxylation is 1. The van der Waals surface area contributed by atoms with E-state index >= 15 is 0 Å². The quantitative estimate of drug-likeness (QED) is 0.683. The minimum Gasteiger partial charge on any atom is -0.486 e. The second kappa shape index (κ2) is 7.25. The first-order valence-electron chi connectivity index (χ1n) is 8.27. The largest absolute Gasteiger partial charge is 0.486 e. The standard InChI is InChI=1S/C20H16ClNO5/c1-12-2-3-13(21)8-16(12)22-20(23)18-7-5-15(27-18)10-24-14-4-6-17-19(9-14)26-11-25-17/h2-9H,10-11H2,1H3,(H,22,23). The van der Waals surface area contributed by atoms with E-state index in [2.05, 4.69) is 5.32 Å². The van der Waals surface area contributed by atoms with Crippen LogP contribution in [0.5, 0.6) is 17.2 Å². The Morgan fingerprint density at radius 1 is 1.11 bits per heavy atom. The van der Waals surface area contributed by atoms with Crippen LogP contribution in [0.1, 0.15) is 21.9 Å². The van der Waals surface area contributed by atoms with Crippen LogP contribution < -0.4 is 19.5 Å². The molecule has 0 saturated heterocycles. The maximum absolute atomic E-state index is 12.4. The van der Waals surface area contributed by atoms with Crippen molar-refractivity contribution in [2.45, 2.75) is 13.5 Å². The zero-order chi connectivity index (χ0) is 18.8. The van der Waals surface area contributed by atoms with Crippen LogP contribution in [-0.4, -0.2) is 12.7 Å². The van der Waals surface area contributed by atoms with Crippen LogP contribution in [-0.2, 0) is 6.61 Å². The number of fused-ring (bicyclic) bond motifs is 1. The minimum absolute atomic E-state index is 0.184. The number of carbonyl (C=O) groups excluding carboxylic acids is 1. The number of nitrogens with one attached hydrogen (secondary N) is 1. The molecule has 1 aliphatic heterocycles. The predicted octanol–water partition coefficient (Wildman–Crippen LogP) is 4.80. The molecular weight excluding hydrogens is 370 g/mol. The molecule has 27 heavy (non-hydrogen) atoms. The van der Waals surface area contributed by atoms with E-state index in [9.17, 15) is 4.79 Å². The van der Waals surface area contributed by atoms with Gasteiger partial charge in [0, 0.05) is 16.8 Å². The number of hydrogen-bond acceptors (Lipinski definition) is 5. The van der Waals surface area contributed by atoms with Crippen molar-refractivity contribution in [3.8, 4) is 17.2 Å². The van der Waals surface area contributed by atoms with Gasteiger partial charge in [0.25, 0.3) is 5.91 Å². The van der Waals surface area contributed by atoms with Gasteiger partial charge >= 0.3 is 0 Å². The van der Waals surface area contributed by atoms with Gasteiger partial charge in [-0.25, -0.2) is 0 Å². The third kappa shape index (κ3) is 3.85. The molecule has 1 aromatic heterocycles. The molecule has 7 heteroatoms. The molecule has 138 valence electrons. The summed E-state index contributed by atoms with van der Waals surface area (Å²) in [7, 11) is 0. The lowest BCUT2D eigenvalue weighted by atomic mass is 10.2. The summed E-state index contributed by atoms with van der Waals surface area (Å²) in [5, 5.41) is 3.34. The Morgan fingerprint density at radius 3 is 2.85 bits per heavy atom. The summed E-state index contributed by atoms with van der Waals surface area (Å²) in [6, 6.07) is 13.9. The Kier molecular flexibility index (Phi) is 4.64. The van der Waals surface area contributed by atoms with Crippen LogP contribution in [0.3, 0.4) is 0 Å². The number of furan rings is 1. The molecule has 1 aliphatic rings. The van der Waals surface area contributed by atoms with E-state index in [4.69, 9.17) is 30.2 Å². The van der Waals surface area contributed by atoms with E-state index in [0.717, 1.165) is 5.56 Å². The first-order valence-corrected chi connectivity index (χ1v) is 8.65. The van der Waals surface area contributed by atoms with Crippen molar-refractivity contribution in [3.63, 3.8) is 0 Å². The van der Waals surface area contributed by atoms with Gasteiger partial charge in [0.1, 0.15) is 18.1 Å². The molecule has 0 saturated carbocycles. The SMILES string of the molecule is Cc1ccc(Cl)cc1NC(=O)c1ccc(COc2ccc3c(c2)OCO3)o1. The van der Waals surface area contributed by atoms with Gasteiger partial charge in [-0.3, -0.25) is 4.79 Å². The van der Waals surface area contributed by atoms with E-state index in [1.807, 2.05) is 13.0 Å². The monoisotopic (exact) mass is 385 g/mol. The molecule has 0 bridgehead atoms. The van der Waals surface area contributed by atoms with E-state index in [1.165, 1.54) is 0 Å². The Bertz CT molecular complexity index is 998. The molecule has 0 aliphatic carbocycles. The Hall–Kier alpha value is -3.12. The summed E-state index contributed by atoms with van der Waals surface area (Å²) in [6.07, 6.45) is 0. The average Bonchev–Trinajstić information content (AvgIpc) is 3.31. The Morgan fingerprint density at radius 2 is 1.96 bits per heavy atom. The summed E-state index contributed by atoms with van der Waals surface area (Å²) >= 11 is 5.98. The van der Waals surface area contributed by atoms with Crippen molar-refractivity contribution in [3.05, 3.63) is 70.6 Å². The summed E-state index contributed by atoms with van der Waals surface area (Å²) in [5.74, 6) is 2.32. The molecule has 2 aromatic carbocycles. The van der Waals surface area contributed by atoms with E-state index in [-0.39, 0.29) is 25.1 Å². The van der Waals surface area contributed by atoms with Crippen molar-refractivity contribution in [2.75, 3.05) is 12.1 Å². The summed E-state index contributed by atoms with van der Waals surface area (Å²) in [4.78, 5) is 12.4. The number of ether oxygens (including phenoxy) is 3. The van der Waals surface area contributed by atoms with Crippen LogP contribution in [0, 0.1) is 6.92 Å². The zero-order valence-electron chi connectivity index (χ0n) is 14.5. The lowest BCUT2D eigenvalue weighted by Crippen LogP contribution is -2.11. The molecule has 2 heterocycles. The number of rotatable bonds is 5. The highest BCUT2D eigenvalue weighted by Crippen LogP contribution is 2.35. The molecule has 6 nitrogen and oxygen atoms in total. The van der Waals surface area contributed by atoms with Crippen molar-refractivity contribution in [2.24, 2.45) is 0 Å². The average molecular weight is 386 g/mol. The fourth-order valence-corrected chi connectivity index (χ4v) is 2.78. The van der Waals surface area contributed by atoms with Crippen molar-refractivity contribution in [1.29, 1.82) is 0 Å². The third-order valence-corrected chi connectivity index (χ3v) is 4.29. The maximum Gasteiger partial charge on any atom is 0.291 e. The lowest BCUT2D eigenvalue weighted by molar-refractivity contribution is 0.0992. The lowest BCUT2D eigenvalue weighted by Gasteiger charge is -2.07. The Balaban J connectivity index is 1.39. The van der Waals surface area contributed by atoms with E-state index < -0.39 is 0 Å². The molecule has 0 unspecified atom stereocenters. The molecule has 0 fully saturated rings. The highest BCUT2D eigenvalue weighted by molar-refractivity contribution is 6.31. The number of carbonyl (C=O) groups is 1. The van der Waals surface area contributed by atoms with Gasteiger partial charge in [-0.05, 0) is 48.9 Å². The van der Waals surface area contributed by atoms with Gasteiger partial charge in [0.05, 0.1) is 0 Å². The smallest absolute Gasteiger partial charge is 0.291 e. The summed E-state index contributed by atoms with van der Waals surface area (Å²) < 4.78 is 21.8. The van der Waals surface area contributed by atoms with Crippen LogP contribution in [0.15, 0.2) is 52.9 Å². The first kappa shape index (κ1) is 17.3. The van der Waals surface area contributed by atoms with Gasteiger partial charge in [-0.2, -0.15) is 0 Å². The van der Waals surface area contributed by atoms with Crippen molar-refractivity contribution < 1.29 is 23.4 Å². The molecule has 1 N–H and O–H groups in total. The molecule has 0 radical (unpaired) electrons. The van der Waals surface area contributed by atoms with Gasteiger partial charge in [0.15, 0.2) is 17.3 Å². The predicted molar refractivity (Wildman–Crippen MR) is 99.7 cm³/mol. The second-order valence-electron chi connectivity index (χ2n) is 5.98. The van der Waals surface area contributed by atoms with Gasteiger partial charge in [0.2, 0.25) is 6.79 Å². The number of amides is 1. The molecule has 3 aromatic rings. The van der Waals surface area contributed by atoms with Crippen LogP contribution in [0.4, 0.5) is 5.69 Å². The van der Waals surface area contributed by atoms with Gasteiger partial charge in [-0.1, -0.05) is 17.7 Å². The summed E-state index contributed by atoms with van der Waals surface area (Å²) in [5.41, 5.74) is 1.55. The normalized spacial score (nSPS) is 12.1. The summed E-state index contributed by atoms with van der Waals surface area (Å²) in [6.45, 7) is 2.28.